The van der Waals surface area contributed by atoms with Crippen LogP contribution < -0.4 is 4.90 Å². The summed E-state index contributed by atoms with van der Waals surface area (Å²) in [6, 6.07) is 89.8. The summed E-state index contributed by atoms with van der Waals surface area (Å²) in [4.78, 5) is 2.40. The van der Waals surface area contributed by atoms with Crippen molar-refractivity contribution in [1.29, 1.82) is 0 Å². The molecular weight excluding hydrogens is 711 g/mol. The Morgan fingerprint density at radius 2 is 0.559 bits per heavy atom. The van der Waals surface area contributed by atoms with Crippen molar-refractivity contribution >= 4 is 27.8 Å². The molecular formula is C58H41N. The third-order valence-corrected chi connectivity index (χ3v) is 11.3. The minimum Gasteiger partial charge on any atom is -0.310 e. The van der Waals surface area contributed by atoms with Crippen LogP contribution in [0.3, 0.4) is 0 Å². The van der Waals surface area contributed by atoms with Gasteiger partial charge in [0.1, 0.15) is 0 Å². The highest BCUT2D eigenvalue weighted by Gasteiger charge is 2.20. The lowest BCUT2D eigenvalue weighted by molar-refractivity contribution is 1.28. The van der Waals surface area contributed by atoms with Gasteiger partial charge in [-0.05, 0) is 108 Å². The first-order chi connectivity index (χ1) is 29.3. The van der Waals surface area contributed by atoms with E-state index in [1.165, 1.54) is 72.0 Å². The van der Waals surface area contributed by atoms with Gasteiger partial charge in [0.2, 0.25) is 0 Å². The number of fused-ring (bicyclic) bond motifs is 1. The van der Waals surface area contributed by atoms with Crippen LogP contribution in [0.2, 0.25) is 0 Å². The summed E-state index contributed by atoms with van der Waals surface area (Å²) in [6.07, 6.45) is 0. The molecule has 0 heterocycles. The number of anilines is 3. The van der Waals surface area contributed by atoms with Gasteiger partial charge in [-0.2, -0.15) is 0 Å². The second kappa shape index (κ2) is 16.0. The molecule has 59 heavy (non-hydrogen) atoms. The maximum absolute atomic E-state index is 2.40. The van der Waals surface area contributed by atoms with Crippen LogP contribution in [-0.4, -0.2) is 0 Å². The van der Waals surface area contributed by atoms with E-state index in [9.17, 15) is 0 Å². The van der Waals surface area contributed by atoms with Crippen LogP contribution in [0, 0.1) is 0 Å². The standard InChI is InChI=1S/C58H41N/c1-3-15-42(16-4-1)45-27-30-48(31-28-45)53-21-9-10-22-54(53)55-23-11-12-24-56(55)57-25-13-14-26-58(57)59(51-37-33-46(34-38-51)43-17-5-2-6-18-43)52-39-35-47(36-40-52)50-32-29-44-19-7-8-20-49(44)41-50/h1-41H. The molecule has 0 bridgehead atoms. The molecule has 0 saturated carbocycles. The molecule has 0 radical (unpaired) electrons. The van der Waals surface area contributed by atoms with Gasteiger partial charge in [0.15, 0.2) is 0 Å². The summed E-state index contributed by atoms with van der Waals surface area (Å²) in [7, 11) is 0. The Balaban J connectivity index is 1.08. The molecule has 10 aromatic carbocycles. The molecule has 0 amide bonds. The fourth-order valence-corrected chi connectivity index (χ4v) is 8.32. The van der Waals surface area contributed by atoms with E-state index in [0.29, 0.717) is 0 Å². The van der Waals surface area contributed by atoms with E-state index in [0.717, 1.165) is 22.6 Å². The van der Waals surface area contributed by atoms with Crippen molar-refractivity contribution in [3.63, 3.8) is 0 Å². The lowest BCUT2D eigenvalue weighted by atomic mass is 9.88. The molecule has 1 heteroatoms. The lowest BCUT2D eigenvalue weighted by Gasteiger charge is -2.29. The number of para-hydroxylation sites is 1. The molecule has 1 nitrogen and oxygen atoms in total. The van der Waals surface area contributed by atoms with Gasteiger partial charge < -0.3 is 4.90 Å². The zero-order valence-electron chi connectivity index (χ0n) is 32.6. The third kappa shape index (κ3) is 7.23. The number of hydrogen-bond acceptors (Lipinski definition) is 1. The summed E-state index contributed by atoms with van der Waals surface area (Å²) in [5.74, 6) is 0. The van der Waals surface area contributed by atoms with Crippen LogP contribution in [0.15, 0.2) is 249 Å². The number of hydrogen-bond donors (Lipinski definition) is 0. The first-order valence-corrected chi connectivity index (χ1v) is 20.3. The average molecular weight is 752 g/mol. The average Bonchev–Trinajstić information content (AvgIpc) is 3.33. The van der Waals surface area contributed by atoms with Gasteiger partial charge in [0.25, 0.3) is 0 Å². The molecule has 0 aliphatic heterocycles. The molecule has 278 valence electrons. The van der Waals surface area contributed by atoms with Gasteiger partial charge >= 0.3 is 0 Å². The Morgan fingerprint density at radius 1 is 0.203 bits per heavy atom. The second-order valence-corrected chi connectivity index (χ2v) is 14.9. The maximum atomic E-state index is 2.40. The zero-order chi connectivity index (χ0) is 39.4. The normalized spacial score (nSPS) is 11.1. The Hall–Kier alpha value is -7.74. The van der Waals surface area contributed by atoms with Gasteiger partial charge in [0, 0.05) is 16.9 Å². The monoisotopic (exact) mass is 751 g/mol. The SMILES string of the molecule is c1ccc(-c2ccc(-c3ccccc3-c3ccccc3-c3ccccc3N(c3ccc(-c4ccccc4)cc3)c3ccc(-c4ccc5ccccc5c4)cc3)cc2)cc1. The largest absolute Gasteiger partial charge is 0.310 e. The fourth-order valence-electron chi connectivity index (χ4n) is 8.32. The Bertz CT molecular complexity index is 3000. The van der Waals surface area contributed by atoms with Crippen molar-refractivity contribution in [2.75, 3.05) is 4.90 Å². The predicted molar refractivity (Wildman–Crippen MR) is 251 cm³/mol. The maximum Gasteiger partial charge on any atom is 0.0540 e. The van der Waals surface area contributed by atoms with Gasteiger partial charge in [-0.25, -0.2) is 0 Å². The quantitative estimate of drug-likeness (QED) is 0.142. The number of nitrogens with zero attached hydrogens (tertiary/aromatic N) is 1. The van der Waals surface area contributed by atoms with Crippen LogP contribution in [0.25, 0.3) is 77.5 Å². The third-order valence-electron chi connectivity index (χ3n) is 11.3. The van der Waals surface area contributed by atoms with E-state index in [1.807, 2.05) is 0 Å². The Morgan fingerprint density at radius 3 is 1.14 bits per heavy atom. The van der Waals surface area contributed by atoms with Crippen LogP contribution in [0.4, 0.5) is 17.1 Å². The summed E-state index contributed by atoms with van der Waals surface area (Å²) >= 11 is 0. The molecule has 0 atom stereocenters. The van der Waals surface area contributed by atoms with Crippen LogP contribution >= 0.6 is 0 Å². The van der Waals surface area contributed by atoms with Gasteiger partial charge in [-0.15, -0.1) is 0 Å². The van der Waals surface area contributed by atoms with Gasteiger partial charge in [-0.1, -0.05) is 212 Å². The smallest absolute Gasteiger partial charge is 0.0540 e. The van der Waals surface area contributed by atoms with E-state index in [1.54, 1.807) is 0 Å². The van der Waals surface area contributed by atoms with E-state index in [-0.39, 0.29) is 0 Å². The minimum absolute atomic E-state index is 1.09. The molecule has 10 aromatic rings. The first kappa shape index (κ1) is 35.7. The highest BCUT2D eigenvalue weighted by Crippen LogP contribution is 2.46. The number of benzene rings is 10. The molecule has 0 aliphatic rings. The Labute approximate surface area is 346 Å². The number of rotatable bonds is 9. The van der Waals surface area contributed by atoms with Crippen molar-refractivity contribution in [2.45, 2.75) is 0 Å². The Kier molecular flexibility index (Phi) is 9.68. The molecule has 10 rings (SSSR count). The van der Waals surface area contributed by atoms with E-state index in [2.05, 4.69) is 254 Å². The predicted octanol–water partition coefficient (Wildman–Crippen LogP) is 16.3. The summed E-state index contributed by atoms with van der Waals surface area (Å²) in [5.41, 5.74) is 17.6. The van der Waals surface area contributed by atoms with Gasteiger partial charge in [-0.3, -0.25) is 0 Å². The molecule has 0 saturated heterocycles. The van der Waals surface area contributed by atoms with Crippen molar-refractivity contribution < 1.29 is 0 Å². The van der Waals surface area contributed by atoms with E-state index >= 15 is 0 Å². The topological polar surface area (TPSA) is 3.24 Å². The van der Waals surface area contributed by atoms with E-state index in [4.69, 9.17) is 0 Å². The molecule has 0 aromatic heterocycles. The fraction of sp³-hybridized carbons (Fsp3) is 0. The van der Waals surface area contributed by atoms with Crippen LogP contribution in [0.1, 0.15) is 0 Å². The molecule has 0 N–H and O–H groups in total. The molecule has 0 aliphatic carbocycles. The zero-order valence-corrected chi connectivity index (χ0v) is 32.6. The van der Waals surface area contributed by atoms with Crippen molar-refractivity contribution in [1.82, 2.24) is 0 Å². The summed E-state index contributed by atoms with van der Waals surface area (Å²) in [5, 5.41) is 2.49. The highest BCUT2D eigenvalue weighted by atomic mass is 15.1. The summed E-state index contributed by atoms with van der Waals surface area (Å²) < 4.78 is 0. The van der Waals surface area contributed by atoms with Crippen molar-refractivity contribution in [3.05, 3.63) is 249 Å². The van der Waals surface area contributed by atoms with E-state index < -0.39 is 0 Å². The first-order valence-electron chi connectivity index (χ1n) is 20.3. The van der Waals surface area contributed by atoms with Crippen LogP contribution in [0.5, 0.6) is 0 Å². The highest BCUT2D eigenvalue weighted by molar-refractivity contribution is 5.97. The van der Waals surface area contributed by atoms with Crippen molar-refractivity contribution in [3.8, 4) is 66.8 Å². The summed E-state index contributed by atoms with van der Waals surface area (Å²) in [6.45, 7) is 0. The lowest BCUT2D eigenvalue weighted by Crippen LogP contribution is -2.11. The second-order valence-electron chi connectivity index (χ2n) is 14.9. The molecule has 0 spiro atoms. The minimum atomic E-state index is 1.09. The van der Waals surface area contributed by atoms with Crippen LogP contribution in [-0.2, 0) is 0 Å². The molecule has 0 unspecified atom stereocenters. The molecule has 0 fully saturated rings. The van der Waals surface area contributed by atoms with Gasteiger partial charge in [0.05, 0.1) is 5.69 Å². The van der Waals surface area contributed by atoms with Crippen molar-refractivity contribution in [2.24, 2.45) is 0 Å².